The summed E-state index contributed by atoms with van der Waals surface area (Å²) in [6.45, 7) is 0. The number of nitrogens with one attached hydrogen (secondary N) is 1. The van der Waals surface area contributed by atoms with Crippen LogP contribution in [0.4, 0.5) is 0 Å². The minimum absolute atomic E-state index is 0.0888. The van der Waals surface area contributed by atoms with Crippen LogP contribution in [0.5, 0.6) is 5.75 Å². The summed E-state index contributed by atoms with van der Waals surface area (Å²) in [6.07, 6.45) is 0.871. The third-order valence-corrected chi connectivity index (χ3v) is 4.04. The van der Waals surface area contributed by atoms with E-state index < -0.39 is 0 Å². The van der Waals surface area contributed by atoms with Crippen LogP contribution in [0.25, 0.3) is 22.5 Å². The third kappa shape index (κ3) is 1.57. The standard InChI is InChI=1S/C16H11ClN2O/c17-13-8-10(5-6-14(13)20)15-12-7-9-3-1-2-4-11(9)16(12)19-18-15/h1-6,8,20H,7H2,(H,18,19). The Kier molecular flexibility index (Phi) is 2.38. The molecule has 0 aliphatic heterocycles. The fourth-order valence-corrected chi connectivity index (χ4v) is 2.94. The first-order valence-corrected chi connectivity index (χ1v) is 6.76. The zero-order valence-corrected chi connectivity index (χ0v) is 11.3. The number of hydrogen-bond donors (Lipinski definition) is 2. The van der Waals surface area contributed by atoms with Gasteiger partial charge < -0.3 is 5.11 Å². The predicted molar refractivity (Wildman–Crippen MR) is 78.9 cm³/mol. The van der Waals surface area contributed by atoms with Crippen LogP contribution < -0.4 is 0 Å². The summed E-state index contributed by atoms with van der Waals surface area (Å²) in [7, 11) is 0. The molecule has 0 saturated carbocycles. The first-order chi connectivity index (χ1) is 9.74. The second-order valence-electron chi connectivity index (χ2n) is 4.93. The highest BCUT2D eigenvalue weighted by molar-refractivity contribution is 6.32. The highest BCUT2D eigenvalue weighted by Crippen LogP contribution is 2.40. The molecular formula is C16H11ClN2O. The van der Waals surface area contributed by atoms with Crippen molar-refractivity contribution in [1.29, 1.82) is 0 Å². The van der Waals surface area contributed by atoms with Crippen LogP contribution in [-0.4, -0.2) is 15.3 Å². The molecule has 0 saturated heterocycles. The monoisotopic (exact) mass is 282 g/mol. The van der Waals surface area contributed by atoms with E-state index in [1.54, 1.807) is 12.1 Å². The number of phenolic OH excluding ortho intramolecular Hbond substituents is 1. The molecule has 1 aliphatic rings. The van der Waals surface area contributed by atoms with E-state index in [1.165, 1.54) is 16.7 Å². The summed E-state index contributed by atoms with van der Waals surface area (Å²) in [6, 6.07) is 13.5. The van der Waals surface area contributed by atoms with Crippen LogP contribution in [0.2, 0.25) is 5.02 Å². The van der Waals surface area contributed by atoms with E-state index in [1.807, 2.05) is 12.1 Å². The molecule has 0 fully saturated rings. The number of aromatic nitrogens is 2. The van der Waals surface area contributed by atoms with Crippen molar-refractivity contribution in [3.8, 4) is 28.3 Å². The molecule has 0 spiro atoms. The van der Waals surface area contributed by atoms with Crippen LogP contribution in [0.3, 0.4) is 0 Å². The van der Waals surface area contributed by atoms with Crippen LogP contribution in [0, 0.1) is 0 Å². The maximum Gasteiger partial charge on any atom is 0.134 e. The van der Waals surface area contributed by atoms with Crippen LogP contribution in [-0.2, 0) is 6.42 Å². The van der Waals surface area contributed by atoms with Crippen LogP contribution >= 0.6 is 11.6 Å². The molecule has 3 aromatic rings. The lowest BCUT2D eigenvalue weighted by atomic mass is 10.1. The SMILES string of the molecule is Oc1ccc(-c2n[nH]c3c2Cc2ccccc2-3)cc1Cl. The minimum Gasteiger partial charge on any atom is -0.506 e. The zero-order chi connectivity index (χ0) is 13.7. The number of aromatic hydroxyl groups is 1. The van der Waals surface area contributed by atoms with Gasteiger partial charge in [-0.1, -0.05) is 35.9 Å². The van der Waals surface area contributed by atoms with Crippen molar-refractivity contribution in [1.82, 2.24) is 10.2 Å². The lowest BCUT2D eigenvalue weighted by molar-refractivity contribution is 0.475. The van der Waals surface area contributed by atoms with Gasteiger partial charge in [-0.25, -0.2) is 0 Å². The molecular weight excluding hydrogens is 272 g/mol. The molecule has 0 amide bonds. The van der Waals surface area contributed by atoms with E-state index >= 15 is 0 Å². The van der Waals surface area contributed by atoms with Crippen LogP contribution in [0.1, 0.15) is 11.1 Å². The fourth-order valence-electron chi connectivity index (χ4n) is 2.76. The third-order valence-electron chi connectivity index (χ3n) is 3.74. The van der Waals surface area contributed by atoms with E-state index in [-0.39, 0.29) is 5.75 Å². The number of phenols is 1. The number of H-pyrrole nitrogens is 1. The lowest BCUT2D eigenvalue weighted by Crippen LogP contribution is -1.86. The van der Waals surface area contributed by atoms with E-state index in [9.17, 15) is 5.11 Å². The van der Waals surface area contributed by atoms with Gasteiger partial charge in [0.25, 0.3) is 0 Å². The molecule has 0 radical (unpaired) electrons. The summed E-state index contributed by atoms with van der Waals surface area (Å²) in [4.78, 5) is 0. The van der Waals surface area contributed by atoms with Gasteiger partial charge in [0, 0.05) is 23.1 Å². The van der Waals surface area contributed by atoms with Gasteiger partial charge in [0.05, 0.1) is 16.4 Å². The molecule has 2 aromatic carbocycles. The number of rotatable bonds is 1. The lowest BCUT2D eigenvalue weighted by Gasteiger charge is -2.02. The van der Waals surface area contributed by atoms with E-state index in [4.69, 9.17) is 11.6 Å². The van der Waals surface area contributed by atoms with E-state index in [2.05, 4.69) is 28.4 Å². The first-order valence-electron chi connectivity index (χ1n) is 6.38. The van der Waals surface area contributed by atoms with Gasteiger partial charge in [0.15, 0.2) is 0 Å². The van der Waals surface area contributed by atoms with Crippen molar-refractivity contribution in [3.63, 3.8) is 0 Å². The average Bonchev–Trinajstić information content (AvgIpc) is 3.00. The molecule has 3 nitrogen and oxygen atoms in total. The quantitative estimate of drug-likeness (QED) is 0.554. The number of hydrogen-bond acceptors (Lipinski definition) is 2. The number of aromatic amines is 1. The largest absolute Gasteiger partial charge is 0.506 e. The number of halogens is 1. The van der Waals surface area contributed by atoms with Gasteiger partial charge in [-0.05, 0) is 23.8 Å². The van der Waals surface area contributed by atoms with Crippen LogP contribution in [0.15, 0.2) is 42.5 Å². The summed E-state index contributed by atoms with van der Waals surface area (Å²) in [5.41, 5.74) is 6.61. The topological polar surface area (TPSA) is 48.9 Å². The van der Waals surface area contributed by atoms with Crippen molar-refractivity contribution in [2.75, 3.05) is 0 Å². The summed E-state index contributed by atoms with van der Waals surface area (Å²) in [5.74, 6) is 0.0888. The molecule has 4 heteroatoms. The van der Waals surface area contributed by atoms with Crippen molar-refractivity contribution >= 4 is 11.6 Å². The van der Waals surface area contributed by atoms with E-state index in [0.717, 1.165) is 23.4 Å². The van der Waals surface area contributed by atoms with Gasteiger partial charge in [0.2, 0.25) is 0 Å². The fraction of sp³-hybridized carbons (Fsp3) is 0.0625. The van der Waals surface area contributed by atoms with Crippen molar-refractivity contribution in [2.45, 2.75) is 6.42 Å². The maximum atomic E-state index is 9.52. The molecule has 1 aromatic heterocycles. The van der Waals surface area contributed by atoms with Gasteiger partial charge in [-0.2, -0.15) is 5.10 Å². The summed E-state index contributed by atoms with van der Waals surface area (Å²) in [5, 5.41) is 17.4. The van der Waals surface area contributed by atoms with Crippen molar-refractivity contribution < 1.29 is 5.11 Å². The Hall–Kier alpha value is -2.26. The van der Waals surface area contributed by atoms with Gasteiger partial charge >= 0.3 is 0 Å². The first kappa shape index (κ1) is 11.6. The molecule has 0 atom stereocenters. The Morgan fingerprint density at radius 3 is 2.85 bits per heavy atom. The number of fused-ring (bicyclic) bond motifs is 3. The molecule has 0 bridgehead atoms. The molecule has 1 heterocycles. The number of benzene rings is 2. The Bertz CT molecular complexity index is 823. The normalized spacial score (nSPS) is 12.2. The average molecular weight is 283 g/mol. The molecule has 4 rings (SSSR count). The zero-order valence-electron chi connectivity index (χ0n) is 10.5. The summed E-state index contributed by atoms with van der Waals surface area (Å²) >= 11 is 5.98. The van der Waals surface area contributed by atoms with Gasteiger partial charge in [0.1, 0.15) is 5.75 Å². The maximum absolute atomic E-state index is 9.52. The molecule has 98 valence electrons. The minimum atomic E-state index is 0.0888. The van der Waals surface area contributed by atoms with Gasteiger partial charge in [-0.15, -0.1) is 0 Å². The summed E-state index contributed by atoms with van der Waals surface area (Å²) < 4.78 is 0. The van der Waals surface area contributed by atoms with Crippen molar-refractivity contribution in [2.24, 2.45) is 0 Å². The van der Waals surface area contributed by atoms with Crippen molar-refractivity contribution in [3.05, 3.63) is 58.6 Å². The molecule has 1 aliphatic carbocycles. The van der Waals surface area contributed by atoms with E-state index in [0.29, 0.717) is 5.02 Å². The molecule has 2 N–H and O–H groups in total. The number of nitrogens with zero attached hydrogens (tertiary/aromatic N) is 1. The predicted octanol–water partition coefficient (Wildman–Crippen LogP) is 4.01. The van der Waals surface area contributed by atoms with Gasteiger partial charge in [-0.3, -0.25) is 5.10 Å². The Morgan fingerprint density at radius 2 is 2.00 bits per heavy atom. The molecule has 20 heavy (non-hydrogen) atoms. The Labute approximate surface area is 120 Å². The smallest absolute Gasteiger partial charge is 0.134 e. The highest BCUT2D eigenvalue weighted by Gasteiger charge is 2.24. The Balaban J connectivity index is 1.87. The second kappa shape index (κ2) is 4.12. The Morgan fingerprint density at radius 1 is 1.15 bits per heavy atom. The highest BCUT2D eigenvalue weighted by atomic mass is 35.5. The second-order valence-corrected chi connectivity index (χ2v) is 5.33. The molecule has 0 unspecified atom stereocenters.